The molecule has 0 aliphatic rings. The Hall–Kier alpha value is -3.55. The van der Waals surface area contributed by atoms with Crippen LogP contribution in [0.2, 0.25) is 0 Å². The van der Waals surface area contributed by atoms with Crippen molar-refractivity contribution in [2.75, 3.05) is 6.61 Å². The number of hydrogen-bond acceptors (Lipinski definition) is 6. The SMILES string of the molecule is CCOC(=O)c1ccc(/C=C/c2ccc(CC)cc2[N+](=O)[O-])c([N+](=O)[O-])c1. The number of rotatable bonds is 7. The van der Waals surface area contributed by atoms with Gasteiger partial charge in [-0.2, -0.15) is 0 Å². The molecule has 0 radical (unpaired) electrons. The standard InChI is InChI=1S/C19H18N2O6/c1-3-13-5-6-14(17(11-13)20(23)24)7-8-15-9-10-16(19(22)27-4-2)12-18(15)21(25)26/h5-12H,3-4H2,1-2H3/b8-7+. The maximum Gasteiger partial charge on any atom is 0.338 e. The fourth-order valence-electron chi connectivity index (χ4n) is 2.47. The molecule has 0 spiro atoms. The van der Waals surface area contributed by atoms with Crippen LogP contribution in [0.3, 0.4) is 0 Å². The summed E-state index contributed by atoms with van der Waals surface area (Å²) in [7, 11) is 0. The van der Waals surface area contributed by atoms with Crippen molar-refractivity contribution in [2.45, 2.75) is 20.3 Å². The van der Waals surface area contributed by atoms with E-state index in [1.807, 2.05) is 6.92 Å². The van der Waals surface area contributed by atoms with Crippen molar-refractivity contribution in [3.05, 3.63) is 78.9 Å². The quantitative estimate of drug-likeness (QED) is 0.309. The van der Waals surface area contributed by atoms with Crippen molar-refractivity contribution in [2.24, 2.45) is 0 Å². The Morgan fingerprint density at radius 2 is 1.52 bits per heavy atom. The zero-order valence-electron chi connectivity index (χ0n) is 14.9. The zero-order chi connectivity index (χ0) is 20.0. The minimum Gasteiger partial charge on any atom is -0.462 e. The summed E-state index contributed by atoms with van der Waals surface area (Å²) >= 11 is 0. The van der Waals surface area contributed by atoms with Gasteiger partial charge in [0.15, 0.2) is 0 Å². The summed E-state index contributed by atoms with van der Waals surface area (Å²) in [4.78, 5) is 33.3. The summed E-state index contributed by atoms with van der Waals surface area (Å²) in [6.45, 7) is 3.69. The molecule has 2 aromatic carbocycles. The van der Waals surface area contributed by atoms with Crippen molar-refractivity contribution < 1.29 is 19.4 Å². The molecule has 0 saturated heterocycles. The van der Waals surface area contributed by atoms with E-state index in [-0.39, 0.29) is 29.1 Å². The molecule has 0 unspecified atom stereocenters. The minimum absolute atomic E-state index is 0.0685. The molecule has 140 valence electrons. The number of hydrogen-bond donors (Lipinski definition) is 0. The number of aryl methyl sites for hydroxylation is 1. The van der Waals surface area contributed by atoms with Gasteiger partial charge in [-0.1, -0.05) is 13.0 Å². The van der Waals surface area contributed by atoms with Gasteiger partial charge in [-0.05, 0) is 49.3 Å². The average molecular weight is 370 g/mol. The summed E-state index contributed by atoms with van der Waals surface area (Å²) in [5, 5.41) is 22.6. The lowest BCUT2D eigenvalue weighted by atomic mass is 10.0. The fourth-order valence-corrected chi connectivity index (χ4v) is 2.47. The van der Waals surface area contributed by atoms with Crippen LogP contribution in [-0.2, 0) is 11.2 Å². The molecule has 0 amide bonds. The van der Waals surface area contributed by atoms with E-state index in [1.54, 1.807) is 19.1 Å². The molecule has 8 nitrogen and oxygen atoms in total. The Kier molecular flexibility index (Phi) is 6.37. The van der Waals surface area contributed by atoms with E-state index in [9.17, 15) is 25.0 Å². The van der Waals surface area contributed by atoms with Crippen LogP contribution in [0.15, 0.2) is 36.4 Å². The van der Waals surface area contributed by atoms with Gasteiger partial charge in [-0.3, -0.25) is 20.2 Å². The highest BCUT2D eigenvalue weighted by Crippen LogP contribution is 2.26. The molecule has 0 bridgehead atoms. The van der Waals surface area contributed by atoms with Gasteiger partial charge in [0.05, 0.1) is 33.1 Å². The Bertz CT molecular complexity index is 920. The number of carbonyl (C=O) groups excluding carboxylic acids is 1. The van der Waals surface area contributed by atoms with Crippen LogP contribution in [0.4, 0.5) is 11.4 Å². The van der Waals surface area contributed by atoms with Crippen molar-refractivity contribution >= 4 is 29.5 Å². The second-order valence-electron chi connectivity index (χ2n) is 5.59. The lowest BCUT2D eigenvalue weighted by Crippen LogP contribution is -2.05. The average Bonchev–Trinajstić information content (AvgIpc) is 2.66. The Balaban J connectivity index is 2.43. The fraction of sp³-hybridized carbons (Fsp3) is 0.211. The lowest BCUT2D eigenvalue weighted by molar-refractivity contribution is -0.385. The van der Waals surface area contributed by atoms with Crippen LogP contribution in [0, 0.1) is 20.2 Å². The van der Waals surface area contributed by atoms with Gasteiger partial charge in [0, 0.05) is 12.1 Å². The van der Waals surface area contributed by atoms with Gasteiger partial charge in [-0.25, -0.2) is 4.79 Å². The topological polar surface area (TPSA) is 113 Å². The molecule has 0 fully saturated rings. The van der Waals surface area contributed by atoms with E-state index in [0.29, 0.717) is 12.0 Å². The third-order valence-electron chi connectivity index (χ3n) is 3.88. The van der Waals surface area contributed by atoms with Gasteiger partial charge in [-0.15, -0.1) is 0 Å². The van der Waals surface area contributed by atoms with Gasteiger partial charge in [0.1, 0.15) is 0 Å². The highest BCUT2D eigenvalue weighted by atomic mass is 16.6. The van der Waals surface area contributed by atoms with Gasteiger partial charge < -0.3 is 4.74 Å². The molecule has 2 rings (SSSR count). The van der Waals surface area contributed by atoms with Crippen LogP contribution >= 0.6 is 0 Å². The summed E-state index contributed by atoms with van der Waals surface area (Å²) < 4.78 is 4.84. The van der Waals surface area contributed by atoms with E-state index >= 15 is 0 Å². The zero-order valence-corrected chi connectivity index (χ0v) is 14.9. The first kappa shape index (κ1) is 19.8. The molecule has 0 aromatic heterocycles. The summed E-state index contributed by atoms with van der Waals surface area (Å²) in [5.41, 5.74) is 1.09. The largest absolute Gasteiger partial charge is 0.462 e. The summed E-state index contributed by atoms with van der Waals surface area (Å²) in [5.74, 6) is -0.651. The number of esters is 1. The number of nitrogens with zero attached hydrogens (tertiary/aromatic N) is 2. The number of nitro benzene ring substituents is 2. The van der Waals surface area contributed by atoms with Crippen molar-refractivity contribution in [3.63, 3.8) is 0 Å². The lowest BCUT2D eigenvalue weighted by Gasteiger charge is -2.04. The van der Waals surface area contributed by atoms with Crippen molar-refractivity contribution in [3.8, 4) is 0 Å². The molecule has 0 aliphatic carbocycles. The Morgan fingerprint density at radius 1 is 0.963 bits per heavy atom. The molecular formula is C19H18N2O6. The second-order valence-corrected chi connectivity index (χ2v) is 5.59. The maximum absolute atomic E-state index is 11.8. The number of benzene rings is 2. The highest BCUT2D eigenvalue weighted by Gasteiger charge is 2.17. The third kappa shape index (κ3) is 4.75. The van der Waals surface area contributed by atoms with Gasteiger partial charge in [0.2, 0.25) is 0 Å². The van der Waals surface area contributed by atoms with E-state index in [0.717, 1.165) is 11.6 Å². The highest BCUT2D eigenvalue weighted by molar-refractivity contribution is 5.91. The van der Waals surface area contributed by atoms with Crippen LogP contribution in [0.1, 0.15) is 40.9 Å². The van der Waals surface area contributed by atoms with E-state index in [1.165, 1.54) is 30.4 Å². The van der Waals surface area contributed by atoms with Crippen LogP contribution < -0.4 is 0 Å². The first-order chi connectivity index (χ1) is 12.9. The molecule has 2 aromatic rings. The molecular weight excluding hydrogens is 352 g/mol. The van der Waals surface area contributed by atoms with Crippen LogP contribution in [0.25, 0.3) is 12.2 Å². The molecule has 0 N–H and O–H groups in total. The molecule has 0 aliphatic heterocycles. The predicted octanol–water partition coefficient (Wildman–Crippen LogP) is 4.41. The molecule has 8 heteroatoms. The van der Waals surface area contributed by atoms with E-state index in [4.69, 9.17) is 4.74 Å². The number of ether oxygens (including phenoxy) is 1. The van der Waals surface area contributed by atoms with Gasteiger partial charge in [0.25, 0.3) is 11.4 Å². The van der Waals surface area contributed by atoms with Crippen molar-refractivity contribution in [1.82, 2.24) is 0 Å². The summed E-state index contributed by atoms with van der Waals surface area (Å²) in [6.07, 6.45) is 3.52. The minimum atomic E-state index is -0.651. The Labute approximate surface area is 155 Å². The van der Waals surface area contributed by atoms with Gasteiger partial charge >= 0.3 is 5.97 Å². The monoisotopic (exact) mass is 370 g/mol. The second kappa shape index (κ2) is 8.70. The normalized spacial score (nSPS) is 10.7. The van der Waals surface area contributed by atoms with Crippen molar-refractivity contribution in [1.29, 1.82) is 0 Å². The molecule has 0 heterocycles. The molecule has 0 saturated carbocycles. The predicted molar refractivity (Wildman–Crippen MR) is 100 cm³/mol. The van der Waals surface area contributed by atoms with Crippen LogP contribution in [0.5, 0.6) is 0 Å². The first-order valence-electron chi connectivity index (χ1n) is 8.28. The van der Waals surface area contributed by atoms with E-state index in [2.05, 4.69) is 0 Å². The Morgan fingerprint density at radius 3 is 2.04 bits per heavy atom. The summed E-state index contributed by atoms with van der Waals surface area (Å²) in [6, 6.07) is 8.81. The van der Waals surface area contributed by atoms with Crippen LogP contribution in [-0.4, -0.2) is 22.4 Å². The smallest absolute Gasteiger partial charge is 0.338 e. The number of carbonyl (C=O) groups is 1. The maximum atomic E-state index is 11.8. The van der Waals surface area contributed by atoms with E-state index < -0.39 is 15.8 Å². The first-order valence-corrected chi connectivity index (χ1v) is 8.28. The third-order valence-corrected chi connectivity index (χ3v) is 3.88. The number of nitro groups is 2. The molecule has 0 atom stereocenters. The molecule has 27 heavy (non-hydrogen) atoms.